The zero-order valence-electron chi connectivity index (χ0n) is 16.0. The number of carbonyl (C=O) groups excluding carboxylic acids is 1. The van der Waals surface area contributed by atoms with Gasteiger partial charge in [-0.2, -0.15) is 5.10 Å². The van der Waals surface area contributed by atoms with Gasteiger partial charge in [-0.25, -0.2) is 4.79 Å². The largest absolute Gasteiger partial charge is 0.426 e. The van der Waals surface area contributed by atoms with Gasteiger partial charge in [0, 0.05) is 11.1 Å². The third kappa shape index (κ3) is 3.90. The number of benzene rings is 1. The predicted octanol–water partition coefficient (Wildman–Crippen LogP) is 1.87. The van der Waals surface area contributed by atoms with E-state index in [4.69, 9.17) is 4.42 Å². The summed E-state index contributed by atoms with van der Waals surface area (Å²) in [5.74, 6) is 0.371. The Labute approximate surface area is 169 Å². The summed E-state index contributed by atoms with van der Waals surface area (Å²) in [4.78, 5) is 24.6. The van der Waals surface area contributed by atoms with Crippen molar-refractivity contribution in [3.05, 3.63) is 75.8 Å². The van der Waals surface area contributed by atoms with Gasteiger partial charge in [0.15, 0.2) is 11.5 Å². The highest BCUT2D eigenvalue weighted by Gasteiger charge is 2.14. The number of hydrogen-bond donors (Lipinski definition) is 2. The van der Waals surface area contributed by atoms with Gasteiger partial charge < -0.3 is 9.73 Å². The first kappa shape index (κ1) is 18.9. The van der Waals surface area contributed by atoms with Crippen LogP contribution in [0.15, 0.2) is 62.8 Å². The summed E-state index contributed by atoms with van der Waals surface area (Å²) in [5, 5.41) is 22.0. The average molecular weight is 404 g/mol. The Morgan fingerprint density at radius 3 is 2.77 bits per heavy atom. The molecule has 3 heterocycles. The number of amides is 1. The summed E-state index contributed by atoms with van der Waals surface area (Å²) in [5.41, 5.74) is 4.18. The Kier molecular flexibility index (Phi) is 4.99. The maximum atomic E-state index is 12.4. The van der Waals surface area contributed by atoms with E-state index in [1.807, 2.05) is 0 Å². The number of carbonyl (C=O) groups is 1. The Morgan fingerprint density at radius 2 is 1.97 bits per heavy atom. The van der Waals surface area contributed by atoms with Crippen LogP contribution < -0.4 is 16.4 Å². The first-order valence-corrected chi connectivity index (χ1v) is 8.88. The number of aryl methyl sites for hydroxylation is 1. The fourth-order valence-corrected chi connectivity index (χ4v) is 2.69. The number of hydrogen-bond acceptors (Lipinski definition) is 9. The Bertz CT molecular complexity index is 1310. The molecule has 0 saturated carbocycles. The van der Waals surface area contributed by atoms with Gasteiger partial charge in [-0.1, -0.05) is 18.2 Å². The summed E-state index contributed by atoms with van der Waals surface area (Å²) in [7, 11) is 0. The van der Waals surface area contributed by atoms with E-state index in [1.165, 1.54) is 10.7 Å². The Hall–Kier alpha value is -4.41. The zero-order chi connectivity index (χ0) is 21.1. The molecule has 0 bridgehead atoms. The van der Waals surface area contributed by atoms with Gasteiger partial charge >= 0.3 is 5.63 Å². The van der Waals surface area contributed by atoms with Crippen molar-refractivity contribution in [1.82, 2.24) is 25.3 Å². The van der Waals surface area contributed by atoms with Crippen LogP contribution in [0.1, 0.15) is 28.6 Å². The summed E-state index contributed by atoms with van der Waals surface area (Å²) in [6.07, 6.45) is 0. The van der Waals surface area contributed by atoms with Gasteiger partial charge in [0.05, 0.1) is 5.71 Å². The third-order valence-corrected chi connectivity index (χ3v) is 4.22. The lowest BCUT2D eigenvalue weighted by molar-refractivity contribution is 0.102. The smallest absolute Gasteiger partial charge is 0.359 e. The average Bonchev–Trinajstić information content (AvgIpc) is 3.22. The Morgan fingerprint density at radius 1 is 1.17 bits per heavy atom. The van der Waals surface area contributed by atoms with Crippen molar-refractivity contribution in [2.45, 2.75) is 13.8 Å². The minimum Gasteiger partial charge on any atom is -0.426 e. The fraction of sp³-hybridized carbons (Fsp3) is 0.105. The van der Waals surface area contributed by atoms with E-state index in [0.717, 1.165) is 0 Å². The molecule has 4 aromatic rings. The number of rotatable bonds is 5. The van der Waals surface area contributed by atoms with Crippen LogP contribution >= 0.6 is 0 Å². The molecule has 3 aromatic heterocycles. The molecular weight excluding hydrogens is 388 g/mol. The molecule has 0 aliphatic heterocycles. The van der Waals surface area contributed by atoms with Crippen molar-refractivity contribution < 1.29 is 9.21 Å². The first-order chi connectivity index (χ1) is 14.5. The lowest BCUT2D eigenvalue weighted by atomic mass is 10.1. The molecule has 0 aliphatic rings. The maximum Gasteiger partial charge on any atom is 0.359 e. The zero-order valence-corrected chi connectivity index (χ0v) is 16.0. The minimum absolute atomic E-state index is 0.0206. The normalized spacial score (nSPS) is 11.5. The third-order valence-electron chi connectivity index (χ3n) is 4.22. The number of hydrazone groups is 1. The molecule has 0 aliphatic carbocycles. The van der Waals surface area contributed by atoms with Crippen molar-refractivity contribution >= 4 is 28.8 Å². The van der Waals surface area contributed by atoms with Gasteiger partial charge in [0.1, 0.15) is 11.4 Å². The topological polar surface area (TPSA) is 140 Å². The van der Waals surface area contributed by atoms with E-state index in [-0.39, 0.29) is 5.69 Å². The van der Waals surface area contributed by atoms with Crippen LogP contribution in [0.3, 0.4) is 0 Å². The molecule has 0 saturated heterocycles. The van der Waals surface area contributed by atoms with Crippen LogP contribution in [0.25, 0.3) is 5.65 Å². The predicted molar refractivity (Wildman–Crippen MR) is 109 cm³/mol. The molecule has 0 atom stereocenters. The number of anilines is 2. The molecule has 1 aromatic carbocycles. The molecule has 0 radical (unpaired) electrons. The van der Waals surface area contributed by atoms with E-state index in [0.29, 0.717) is 34.1 Å². The van der Waals surface area contributed by atoms with Crippen LogP contribution in [-0.4, -0.2) is 36.9 Å². The quantitative estimate of drug-likeness (QED) is 0.379. The molecule has 150 valence electrons. The number of nitrogens with one attached hydrogen (secondary N) is 2. The van der Waals surface area contributed by atoms with E-state index in [9.17, 15) is 9.59 Å². The highest BCUT2D eigenvalue weighted by molar-refractivity contribution is 6.05. The second kappa shape index (κ2) is 7.91. The van der Waals surface area contributed by atoms with E-state index in [1.54, 1.807) is 56.3 Å². The molecule has 11 nitrogen and oxygen atoms in total. The molecular formula is C19H16N8O3. The van der Waals surface area contributed by atoms with E-state index < -0.39 is 11.5 Å². The number of tetrazole rings is 1. The molecule has 0 fully saturated rings. The van der Waals surface area contributed by atoms with E-state index >= 15 is 0 Å². The highest BCUT2D eigenvalue weighted by atomic mass is 16.4. The highest BCUT2D eigenvalue weighted by Crippen LogP contribution is 2.14. The van der Waals surface area contributed by atoms with Gasteiger partial charge in [-0.15, -0.1) is 14.8 Å². The lowest BCUT2D eigenvalue weighted by Crippen LogP contribution is -2.19. The van der Waals surface area contributed by atoms with Crippen LogP contribution in [0.4, 0.5) is 11.5 Å². The van der Waals surface area contributed by atoms with Crippen molar-refractivity contribution in [3.8, 4) is 0 Å². The van der Waals surface area contributed by atoms with Gasteiger partial charge in [-0.3, -0.25) is 10.2 Å². The first-order valence-electron chi connectivity index (χ1n) is 8.88. The summed E-state index contributed by atoms with van der Waals surface area (Å²) in [6, 6.07) is 13.5. The van der Waals surface area contributed by atoms with E-state index in [2.05, 4.69) is 36.5 Å². The second-order valence-electron chi connectivity index (χ2n) is 6.29. The fourth-order valence-electron chi connectivity index (χ4n) is 2.69. The molecule has 1 amide bonds. The van der Waals surface area contributed by atoms with Crippen molar-refractivity contribution in [1.29, 1.82) is 0 Å². The second-order valence-corrected chi connectivity index (χ2v) is 6.29. The summed E-state index contributed by atoms with van der Waals surface area (Å²) >= 11 is 0. The van der Waals surface area contributed by atoms with Gasteiger partial charge in [-0.05, 0) is 54.6 Å². The van der Waals surface area contributed by atoms with Crippen molar-refractivity contribution in [2.75, 3.05) is 10.7 Å². The minimum atomic E-state index is -0.646. The molecule has 0 unspecified atom stereocenters. The summed E-state index contributed by atoms with van der Waals surface area (Å²) < 4.78 is 6.53. The number of nitrogens with zero attached hydrogens (tertiary/aromatic N) is 6. The number of aromatic nitrogens is 5. The molecule has 11 heteroatoms. The SMILES string of the molecule is C/C(=N\Nc1ccc2nnnn2n1)c1cc(NC(=O)c2ccccc2)c(=O)oc1C. The van der Waals surface area contributed by atoms with Crippen LogP contribution in [0.2, 0.25) is 0 Å². The Balaban J connectivity index is 1.58. The van der Waals surface area contributed by atoms with Crippen molar-refractivity contribution in [2.24, 2.45) is 5.10 Å². The standard InChI is InChI=1S/C19H16N8O3/c1-11(21-22-16-8-9-17-23-25-26-27(17)24-16)14-10-15(19(29)30-12(14)2)20-18(28)13-6-4-3-5-7-13/h3-10H,1-2H3,(H,20,28)(H,22,24)/b21-11+. The lowest BCUT2D eigenvalue weighted by Gasteiger charge is -2.09. The molecule has 30 heavy (non-hydrogen) atoms. The molecule has 0 spiro atoms. The van der Waals surface area contributed by atoms with Crippen LogP contribution in [0.5, 0.6) is 0 Å². The molecule has 2 N–H and O–H groups in total. The van der Waals surface area contributed by atoms with Crippen LogP contribution in [-0.2, 0) is 0 Å². The van der Waals surface area contributed by atoms with Gasteiger partial charge in [0.25, 0.3) is 5.91 Å². The molecule has 4 rings (SSSR count). The number of fused-ring (bicyclic) bond motifs is 1. The summed E-state index contributed by atoms with van der Waals surface area (Å²) in [6.45, 7) is 3.37. The van der Waals surface area contributed by atoms with Crippen LogP contribution in [0, 0.1) is 6.92 Å². The monoisotopic (exact) mass is 404 g/mol. The van der Waals surface area contributed by atoms with Crippen molar-refractivity contribution in [3.63, 3.8) is 0 Å². The maximum absolute atomic E-state index is 12.4. The van der Waals surface area contributed by atoms with Gasteiger partial charge in [0.2, 0.25) is 0 Å².